The molecular weight excluding hydrogens is 342 g/mol. The molecule has 0 saturated carbocycles. The van der Waals surface area contributed by atoms with Crippen molar-refractivity contribution in [2.45, 2.75) is 39.5 Å². The van der Waals surface area contributed by atoms with Gasteiger partial charge in [-0.05, 0) is 25.5 Å². The molecule has 7 nitrogen and oxygen atoms in total. The Balaban J connectivity index is 1.61. The summed E-state index contributed by atoms with van der Waals surface area (Å²) in [5.74, 6) is 1.71. The maximum absolute atomic E-state index is 6.16. The van der Waals surface area contributed by atoms with Crippen LogP contribution in [0.1, 0.15) is 24.5 Å². The quantitative estimate of drug-likeness (QED) is 0.549. The highest BCUT2D eigenvalue weighted by atomic mass is 16.5. The van der Waals surface area contributed by atoms with E-state index in [9.17, 15) is 0 Å². The normalized spacial score (nSPS) is 17.1. The second-order valence-electron chi connectivity index (χ2n) is 6.64. The van der Waals surface area contributed by atoms with Crippen LogP contribution in [0, 0.1) is 6.92 Å². The van der Waals surface area contributed by atoms with Crippen LogP contribution >= 0.6 is 0 Å². The SMILES string of the molecule is CCNC(=NCc1ccc(C)cc1OC1CCOC1)NCCn1ccnc1. The molecule has 2 heterocycles. The van der Waals surface area contributed by atoms with E-state index in [1.165, 1.54) is 5.56 Å². The van der Waals surface area contributed by atoms with Gasteiger partial charge in [-0.3, -0.25) is 0 Å². The standard InChI is InChI=1S/C20H29N5O2/c1-3-22-20(23-8-10-25-9-7-21-15-25)24-13-17-5-4-16(2)12-19(17)27-18-6-11-26-14-18/h4-5,7,9,12,15,18H,3,6,8,10-11,13-14H2,1-2H3,(H2,22,23,24). The van der Waals surface area contributed by atoms with Crippen LogP contribution in [0.5, 0.6) is 5.75 Å². The molecule has 1 fully saturated rings. The smallest absolute Gasteiger partial charge is 0.191 e. The summed E-state index contributed by atoms with van der Waals surface area (Å²) >= 11 is 0. The first-order chi connectivity index (χ1) is 13.2. The number of hydrogen-bond acceptors (Lipinski definition) is 4. The monoisotopic (exact) mass is 371 g/mol. The van der Waals surface area contributed by atoms with Gasteiger partial charge in [-0.25, -0.2) is 9.98 Å². The number of rotatable bonds is 8. The van der Waals surface area contributed by atoms with E-state index >= 15 is 0 Å². The molecule has 146 valence electrons. The average Bonchev–Trinajstić information content (AvgIpc) is 3.35. The van der Waals surface area contributed by atoms with Crippen molar-refractivity contribution in [3.8, 4) is 5.75 Å². The summed E-state index contributed by atoms with van der Waals surface area (Å²) in [7, 11) is 0. The Morgan fingerprint density at radius 1 is 1.41 bits per heavy atom. The first kappa shape index (κ1) is 19.2. The fourth-order valence-electron chi connectivity index (χ4n) is 2.92. The Kier molecular flexibility index (Phi) is 7.10. The fraction of sp³-hybridized carbons (Fsp3) is 0.500. The summed E-state index contributed by atoms with van der Waals surface area (Å²) in [6.45, 7) is 8.56. The number of guanidine groups is 1. The van der Waals surface area contributed by atoms with Gasteiger partial charge in [0.2, 0.25) is 0 Å². The zero-order valence-corrected chi connectivity index (χ0v) is 16.1. The summed E-state index contributed by atoms with van der Waals surface area (Å²) in [5, 5.41) is 6.65. The van der Waals surface area contributed by atoms with E-state index in [1.807, 2.05) is 17.1 Å². The Morgan fingerprint density at radius 2 is 2.33 bits per heavy atom. The zero-order chi connectivity index (χ0) is 18.9. The zero-order valence-electron chi connectivity index (χ0n) is 16.1. The average molecular weight is 371 g/mol. The van der Waals surface area contributed by atoms with Crippen LogP contribution in [-0.2, 0) is 17.8 Å². The number of aliphatic imine (C=N–C) groups is 1. The topological polar surface area (TPSA) is 72.7 Å². The van der Waals surface area contributed by atoms with E-state index in [4.69, 9.17) is 14.5 Å². The van der Waals surface area contributed by atoms with E-state index in [2.05, 4.69) is 47.7 Å². The van der Waals surface area contributed by atoms with E-state index in [0.717, 1.165) is 49.9 Å². The number of ether oxygens (including phenoxy) is 2. The number of aryl methyl sites for hydroxylation is 1. The third kappa shape index (κ3) is 5.99. The lowest BCUT2D eigenvalue weighted by Gasteiger charge is -2.16. The molecule has 3 rings (SSSR count). The first-order valence-electron chi connectivity index (χ1n) is 9.56. The molecule has 0 aliphatic carbocycles. The highest BCUT2D eigenvalue weighted by Crippen LogP contribution is 2.24. The summed E-state index contributed by atoms with van der Waals surface area (Å²) in [4.78, 5) is 8.78. The van der Waals surface area contributed by atoms with Crippen molar-refractivity contribution in [3.05, 3.63) is 48.0 Å². The minimum absolute atomic E-state index is 0.135. The van der Waals surface area contributed by atoms with Crippen molar-refractivity contribution in [3.63, 3.8) is 0 Å². The van der Waals surface area contributed by atoms with Gasteiger partial charge in [-0.15, -0.1) is 0 Å². The third-order valence-corrected chi connectivity index (χ3v) is 4.38. The van der Waals surface area contributed by atoms with E-state index < -0.39 is 0 Å². The molecular formula is C20H29N5O2. The lowest BCUT2D eigenvalue weighted by Crippen LogP contribution is -2.38. The van der Waals surface area contributed by atoms with Gasteiger partial charge in [-0.1, -0.05) is 12.1 Å². The van der Waals surface area contributed by atoms with Crippen molar-refractivity contribution in [2.75, 3.05) is 26.3 Å². The number of benzene rings is 1. The molecule has 0 amide bonds. The highest BCUT2D eigenvalue weighted by Gasteiger charge is 2.18. The number of nitrogens with zero attached hydrogens (tertiary/aromatic N) is 3. The van der Waals surface area contributed by atoms with Crippen molar-refractivity contribution in [2.24, 2.45) is 4.99 Å². The van der Waals surface area contributed by atoms with Gasteiger partial charge in [0, 0.05) is 44.0 Å². The summed E-state index contributed by atoms with van der Waals surface area (Å²) in [6.07, 6.45) is 6.63. The Labute approximate surface area is 160 Å². The minimum atomic E-state index is 0.135. The molecule has 7 heteroatoms. The molecule has 0 bridgehead atoms. The predicted molar refractivity (Wildman–Crippen MR) is 106 cm³/mol. The second kappa shape index (κ2) is 9.97. The van der Waals surface area contributed by atoms with Crippen LogP contribution in [0.3, 0.4) is 0 Å². The molecule has 1 unspecified atom stereocenters. The molecule has 0 spiro atoms. The second-order valence-corrected chi connectivity index (χ2v) is 6.64. The Hall–Kier alpha value is -2.54. The van der Waals surface area contributed by atoms with Gasteiger partial charge in [0.25, 0.3) is 0 Å². The third-order valence-electron chi connectivity index (χ3n) is 4.38. The van der Waals surface area contributed by atoms with Crippen molar-refractivity contribution >= 4 is 5.96 Å². The Bertz CT molecular complexity index is 724. The number of nitrogens with one attached hydrogen (secondary N) is 2. The molecule has 1 aliphatic heterocycles. The van der Waals surface area contributed by atoms with Gasteiger partial charge in [0.05, 0.1) is 26.1 Å². The van der Waals surface area contributed by atoms with Crippen LogP contribution in [0.4, 0.5) is 0 Å². The maximum Gasteiger partial charge on any atom is 0.191 e. The largest absolute Gasteiger partial charge is 0.488 e. The van der Waals surface area contributed by atoms with E-state index in [-0.39, 0.29) is 6.10 Å². The van der Waals surface area contributed by atoms with Crippen molar-refractivity contribution < 1.29 is 9.47 Å². The molecule has 1 aliphatic rings. The van der Waals surface area contributed by atoms with Crippen LogP contribution < -0.4 is 15.4 Å². The lowest BCUT2D eigenvalue weighted by atomic mass is 10.1. The molecule has 1 saturated heterocycles. The molecule has 1 aromatic heterocycles. The van der Waals surface area contributed by atoms with Crippen LogP contribution in [0.25, 0.3) is 0 Å². The van der Waals surface area contributed by atoms with Crippen LogP contribution in [0.2, 0.25) is 0 Å². The van der Waals surface area contributed by atoms with Gasteiger partial charge >= 0.3 is 0 Å². The maximum atomic E-state index is 6.16. The van der Waals surface area contributed by atoms with Gasteiger partial charge in [0.15, 0.2) is 5.96 Å². The number of hydrogen-bond donors (Lipinski definition) is 2. The summed E-state index contributed by atoms with van der Waals surface area (Å²) < 4.78 is 13.6. The summed E-state index contributed by atoms with van der Waals surface area (Å²) in [5.41, 5.74) is 2.27. The lowest BCUT2D eigenvalue weighted by molar-refractivity contribution is 0.140. The summed E-state index contributed by atoms with van der Waals surface area (Å²) in [6, 6.07) is 6.28. The first-order valence-corrected chi connectivity index (χ1v) is 9.56. The van der Waals surface area contributed by atoms with E-state index in [1.54, 1.807) is 6.20 Å². The van der Waals surface area contributed by atoms with Gasteiger partial charge in [0.1, 0.15) is 11.9 Å². The fourth-order valence-corrected chi connectivity index (χ4v) is 2.92. The molecule has 2 aromatic rings. The number of aromatic nitrogens is 2. The predicted octanol–water partition coefficient (Wildman–Crippen LogP) is 2.11. The molecule has 2 N–H and O–H groups in total. The van der Waals surface area contributed by atoms with Gasteiger partial charge in [-0.2, -0.15) is 0 Å². The Morgan fingerprint density at radius 3 is 3.07 bits per heavy atom. The molecule has 1 atom stereocenters. The molecule has 1 aromatic carbocycles. The van der Waals surface area contributed by atoms with Crippen molar-refractivity contribution in [1.29, 1.82) is 0 Å². The van der Waals surface area contributed by atoms with Gasteiger partial charge < -0.3 is 24.7 Å². The number of imidazole rings is 1. The van der Waals surface area contributed by atoms with E-state index in [0.29, 0.717) is 13.2 Å². The highest BCUT2D eigenvalue weighted by molar-refractivity contribution is 5.79. The van der Waals surface area contributed by atoms with Crippen LogP contribution in [-0.4, -0.2) is 47.9 Å². The molecule has 0 radical (unpaired) electrons. The minimum Gasteiger partial charge on any atom is -0.488 e. The molecule has 27 heavy (non-hydrogen) atoms. The van der Waals surface area contributed by atoms with Crippen molar-refractivity contribution in [1.82, 2.24) is 20.2 Å². The van der Waals surface area contributed by atoms with Crippen LogP contribution in [0.15, 0.2) is 41.9 Å².